The minimum atomic E-state index is -0.907. The van der Waals surface area contributed by atoms with Gasteiger partial charge in [0.05, 0.1) is 21.6 Å². The quantitative estimate of drug-likeness (QED) is 0.279. The smallest absolute Gasteiger partial charge is 0.422 e. The lowest BCUT2D eigenvalue weighted by Gasteiger charge is -2.40. The molecule has 192 valence electrons. The van der Waals surface area contributed by atoms with E-state index in [1.165, 1.54) is 12.1 Å². The van der Waals surface area contributed by atoms with Gasteiger partial charge < -0.3 is 15.0 Å². The van der Waals surface area contributed by atoms with E-state index in [-0.39, 0.29) is 12.1 Å². The number of non-ortho nitro benzene ring substituents is 1. The van der Waals surface area contributed by atoms with Crippen molar-refractivity contribution in [3.63, 3.8) is 0 Å². The molecule has 38 heavy (non-hydrogen) atoms. The molecule has 2 aliphatic rings. The number of rotatable bonds is 5. The highest BCUT2D eigenvalue weighted by molar-refractivity contribution is 6.31. The Balaban J connectivity index is 1.45. The molecule has 2 unspecified atom stereocenters. The Labute approximate surface area is 221 Å². The maximum absolute atomic E-state index is 14.2. The summed E-state index contributed by atoms with van der Waals surface area (Å²) in [7, 11) is 0. The summed E-state index contributed by atoms with van der Waals surface area (Å²) in [5.74, 6) is -1.15. The number of ether oxygens (including phenoxy) is 1. The predicted octanol–water partition coefficient (Wildman–Crippen LogP) is 4.82. The number of aromatic nitrogens is 2. The Kier molecular flexibility index (Phi) is 5.85. The summed E-state index contributed by atoms with van der Waals surface area (Å²) in [5.41, 5.74) is 1.83. The van der Waals surface area contributed by atoms with Crippen LogP contribution in [0.1, 0.15) is 29.3 Å². The molecule has 11 heteroatoms. The van der Waals surface area contributed by atoms with Crippen molar-refractivity contribution in [2.45, 2.75) is 24.4 Å². The summed E-state index contributed by atoms with van der Waals surface area (Å²) < 4.78 is 5.93. The fourth-order valence-corrected chi connectivity index (χ4v) is 5.40. The van der Waals surface area contributed by atoms with Gasteiger partial charge in [0, 0.05) is 35.7 Å². The number of carbonyl (C=O) groups excluding carboxylic acids is 2. The van der Waals surface area contributed by atoms with Crippen LogP contribution >= 0.6 is 11.6 Å². The van der Waals surface area contributed by atoms with E-state index in [9.17, 15) is 19.7 Å². The van der Waals surface area contributed by atoms with Crippen molar-refractivity contribution in [3.05, 3.63) is 98.8 Å². The van der Waals surface area contributed by atoms with Crippen molar-refractivity contribution in [2.75, 3.05) is 18.0 Å². The van der Waals surface area contributed by atoms with Crippen molar-refractivity contribution in [3.8, 4) is 0 Å². The van der Waals surface area contributed by atoms with Crippen molar-refractivity contribution in [2.24, 2.45) is 0 Å². The van der Waals surface area contributed by atoms with Gasteiger partial charge in [0.25, 0.3) is 5.69 Å². The lowest BCUT2D eigenvalue weighted by Crippen LogP contribution is -2.51. The van der Waals surface area contributed by atoms with E-state index in [1.807, 2.05) is 30.3 Å². The summed E-state index contributed by atoms with van der Waals surface area (Å²) in [4.78, 5) is 47.2. The monoisotopic (exact) mass is 531 g/mol. The van der Waals surface area contributed by atoms with Crippen LogP contribution < -0.4 is 10.2 Å². The number of amides is 2. The Morgan fingerprint density at radius 3 is 2.74 bits per heavy atom. The summed E-state index contributed by atoms with van der Waals surface area (Å²) in [5, 5.41) is 15.0. The number of halogens is 1. The van der Waals surface area contributed by atoms with Crippen LogP contribution in [0.4, 0.5) is 16.2 Å². The van der Waals surface area contributed by atoms with E-state index >= 15 is 0 Å². The predicted molar refractivity (Wildman–Crippen MR) is 140 cm³/mol. The van der Waals surface area contributed by atoms with Gasteiger partial charge in [-0.05, 0) is 42.8 Å². The summed E-state index contributed by atoms with van der Waals surface area (Å²) in [6, 6.07) is 18.7. The second kappa shape index (κ2) is 9.23. The Morgan fingerprint density at radius 1 is 1.18 bits per heavy atom. The first-order valence-electron chi connectivity index (χ1n) is 12.1. The number of nitrogens with zero attached hydrogens (tertiary/aromatic N) is 3. The van der Waals surface area contributed by atoms with Gasteiger partial charge in [-0.1, -0.05) is 41.9 Å². The molecule has 1 aromatic heterocycles. The number of hydrogen-bond donors (Lipinski definition) is 2. The summed E-state index contributed by atoms with van der Waals surface area (Å²) in [6.45, 7) is 1.08. The second-order valence-corrected chi connectivity index (χ2v) is 9.88. The fourth-order valence-electron chi connectivity index (χ4n) is 5.23. The third kappa shape index (κ3) is 4.07. The van der Waals surface area contributed by atoms with Gasteiger partial charge in [-0.25, -0.2) is 14.7 Å². The largest absolute Gasteiger partial charge is 0.436 e. The number of imidazole rings is 1. The molecule has 3 aromatic carbocycles. The third-order valence-corrected chi connectivity index (χ3v) is 7.33. The van der Waals surface area contributed by atoms with E-state index in [4.69, 9.17) is 16.3 Å². The zero-order chi connectivity index (χ0) is 26.4. The Morgan fingerprint density at radius 2 is 2.00 bits per heavy atom. The number of carbonyl (C=O) groups is 2. The minimum Gasteiger partial charge on any atom is -0.436 e. The zero-order valence-corrected chi connectivity index (χ0v) is 20.8. The standard InChI is InChI=1S/C27H22ClN5O5/c28-17-6-9-23-20(13-17)27(10-11-29-15-27)38-26(35)32(23)25(34)19(12-16-4-2-1-3-5-16)24-30-21-8-7-18(33(36)37)14-22(21)31-24/h1-9,13-14,19,29H,10-12,15H2,(H,30,31). The number of H-pyrrole nitrogens is 1. The molecular formula is C27H22ClN5O5. The molecule has 2 amide bonds. The van der Waals surface area contributed by atoms with Crippen LogP contribution in [0.3, 0.4) is 0 Å². The zero-order valence-electron chi connectivity index (χ0n) is 20.0. The van der Waals surface area contributed by atoms with E-state index in [1.54, 1.807) is 24.3 Å². The van der Waals surface area contributed by atoms with E-state index in [0.29, 0.717) is 52.6 Å². The fraction of sp³-hybridized carbons (Fsp3) is 0.222. The van der Waals surface area contributed by atoms with Gasteiger partial charge in [-0.15, -0.1) is 0 Å². The highest BCUT2D eigenvalue weighted by Crippen LogP contribution is 2.45. The number of benzene rings is 3. The van der Waals surface area contributed by atoms with Gasteiger partial charge in [0.2, 0.25) is 5.91 Å². The molecule has 2 aliphatic heterocycles. The van der Waals surface area contributed by atoms with Gasteiger partial charge in [-0.3, -0.25) is 14.9 Å². The summed E-state index contributed by atoms with van der Waals surface area (Å²) in [6.07, 6.45) is 0.0311. The number of nitro groups is 1. The molecule has 6 rings (SSSR count). The molecule has 0 bridgehead atoms. The molecular weight excluding hydrogens is 510 g/mol. The highest BCUT2D eigenvalue weighted by atomic mass is 35.5. The van der Waals surface area contributed by atoms with Crippen molar-refractivity contribution >= 4 is 46.0 Å². The molecule has 0 saturated carbocycles. The van der Waals surface area contributed by atoms with Gasteiger partial charge in [0.15, 0.2) is 5.60 Å². The lowest BCUT2D eigenvalue weighted by atomic mass is 9.88. The molecule has 10 nitrogen and oxygen atoms in total. The number of aromatic amines is 1. The molecule has 3 heterocycles. The van der Waals surface area contributed by atoms with Crippen LogP contribution in [0.25, 0.3) is 11.0 Å². The summed E-state index contributed by atoms with van der Waals surface area (Å²) >= 11 is 6.32. The first-order chi connectivity index (χ1) is 18.3. The van der Waals surface area contributed by atoms with Gasteiger partial charge >= 0.3 is 6.09 Å². The molecule has 1 fully saturated rings. The van der Waals surface area contributed by atoms with Crippen molar-refractivity contribution in [1.82, 2.24) is 15.3 Å². The second-order valence-electron chi connectivity index (χ2n) is 9.45. The van der Waals surface area contributed by atoms with Crippen LogP contribution in [0.2, 0.25) is 5.02 Å². The van der Waals surface area contributed by atoms with Gasteiger partial charge in [0.1, 0.15) is 11.7 Å². The van der Waals surface area contributed by atoms with Crippen LogP contribution in [-0.4, -0.2) is 40.0 Å². The number of imide groups is 1. The van der Waals surface area contributed by atoms with E-state index in [0.717, 1.165) is 10.5 Å². The number of nitrogens with one attached hydrogen (secondary N) is 2. The highest BCUT2D eigenvalue weighted by Gasteiger charge is 2.50. The average Bonchev–Trinajstić information content (AvgIpc) is 3.55. The molecule has 0 radical (unpaired) electrons. The molecule has 4 aromatic rings. The van der Waals surface area contributed by atoms with Crippen LogP contribution in [0.5, 0.6) is 0 Å². The lowest BCUT2D eigenvalue weighted by molar-refractivity contribution is -0.384. The van der Waals surface area contributed by atoms with Crippen LogP contribution in [-0.2, 0) is 21.6 Å². The van der Waals surface area contributed by atoms with E-state index in [2.05, 4.69) is 15.3 Å². The molecule has 2 atom stereocenters. The topological polar surface area (TPSA) is 130 Å². The Hall–Kier alpha value is -4.28. The van der Waals surface area contributed by atoms with E-state index < -0.39 is 28.4 Å². The number of anilines is 1. The number of fused-ring (bicyclic) bond motifs is 3. The normalized spacial score (nSPS) is 19.4. The molecule has 2 N–H and O–H groups in total. The third-order valence-electron chi connectivity index (χ3n) is 7.10. The average molecular weight is 532 g/mol. The Bertz CT molecular complexity index is 1580. The maximum Gasteiger partial charge on any atom is 0.422 e. The van der Waals surface area contributed by atoms with Crippen molar-refractivity contribution < 1.29 is 19.2 Å². The number of nitro benzene ring substituents is 1. The van der Waals surface area contributed by atoms with Gasteiger partial charge in [-0.2, -0.15) is 0 Å². The molecule has 0 aliphatic carbocycles. The number of hydrogen-bond acceptors (Lipinski definition) is 7. The first kappa shape index (κ1) is 24.1. The first-order valence-corrected chi connectivity index (χ1v) is 12.5. The minimum absolute atomic E-state index is 0.109. The van der Waals surface area contributed by atoms with Crippen LogP contribution in [0, 0.1) is 10.1 Å². The maximum atomic E-state index is 14.2. The van der Waals surface area contributed by atoms with Crippen molar-refractivity contribution in [1.29, 1.82) is 0 Å². The molecule has 1 spiro atoms. The SMILES string of the molecule is O=C1OC2(CCNC2)c2cc(Cl)ccc2N1C(=O)C(Cc1ccccc1)c1nc2cc([N+](=O)[O-])ccc2[nH]1. The molecule has 1 saturated heterocycles. The van der Waals surface area contributed by atoms with Crippen LogP contribution in [0.15, 0.2) is 66.7 Å².